The lowest BCUT2D eigenvalue weighted by molar-refractivity contribution is -0.0155. The van der Waals surface area contributed by atoms with Crippen LogP contribution in [0.5, 0.6) is 0 Å². The average Bonchev–Trinajstić information content (AvgIpc) is 2.56. The van der Waals surface area contributed by atoms with E-state index in [1.165, 1.54) is 25.3 Å². The lowest BCUT2D eigenvalue weighted by atomic mass is 9.48. The summed E-state index contributed by atoms with van der Waals surface area (Å²) in [5.74, 6) is 1.94. The number of carboxylic acid groups (broad SMARTS) is 1. The molecule has 0 saturated heterocycles. The molecule has 4 bridgehead atoms. The Kier molecular flexibility index (Phi) is 3.01. The molecular weight excluding hydrogens is 316 g/mol. The zero-order valence-corrected chi connectivity index (χ0v) is 14.4. The van der Waals surface area contributed by atoms with E-state index in [1.807, 2.05) is 6.92 Å². The van der Waals surface area contributed by atoms with E-state index in [0.717, 1.165) is 42.8 Å². The number of para-hydroxylation sites is 1. The summed E-state index contributed by atoms with van der Waals surface area (Å²) in [6, 6.07) is 4.81. The number of rotatable bonds is 2. The molecular formula is C21H22O4. The van der Waals surface area contributed by atoms with Gasteiger partial charge < -0.3 is 9.52 Å². The van der Waals surface area contributed by atoms with Crippen LogP contribution in [0.3, 0.4) is 0 Å². The van der Waals surface area contributed by atoms with Crippen LogP contribution >= 0.6 is 0 Å². The Balaban J connectivity index is 1.77. The van der Waals surface area contributed by atoms with Crippen LogP contribution in [0.1, 0.15) is 60.2 Å². The summed E-state index contributed by atoms with van der Waals surface area (Å²) in [5, 5.41) is 9.89. The first kappa shape index (κ1) is 15.2. The maximum Gasteiger partial charge on any atom is 0.339 e. The second kappa shape index (κ2) is 4.96. The molecule has 4 saturated carbocycles. The Morgan fingerprint density at radius 3 is 2.28 bits per heavy atom. The Morgan fingerprint density at radius 2 is 1.72 bits per heavy atom. The smallest absolute Gasteiger partial charge is 0.339 e. The zero-order chi connectivity index (χ0) is 17.3. The summed E-state index contributed by atoms with van der Waals surface area (Å²) in [6.07, 6.45) is 7.21. The van der Waals surface area contributed by atoms with Crippen LogP contribution in [-0.2, 0) is 5.41 Å². The Hall–Kier alpha value is -2.10. The molecule has 4 nitrogen and oxygen atoms in total. The second-order valence-electron chi connectivity index (χ2n) is 8.57. The van der Waals surface area contributed by atoms with Gasteiger partial charge in [-0.15, -0.1) is 0 Å². The topological polar surface area (TPSA) is 67.5 Å². The van der Waals surface area contributed by atoms with E-state index < -0.39 is 5.97 Å². The largest absolute Gasteiger partial charge is 0.478 e. The van der Waals surface area contributed by atoms with Gasteiger partial charge in [-0.3, -0.25) is 4.79 Å². The van der Waals surface area contributed by atoms with Crippen LogP contribution in [0.2, 0.25) is 0 Å². The first-order chi connectivity index (χ1) is 12.0. The molecule has 4 heteroatoms. The van der Waals surface area contributed by atoms with Gasteiger partial charge in [0, 0.05) is 11.0 Å². The molecule has 1 aromatic heterocycles. The fourth-order valence-corrected chi connectivity index (χ4v) is 6.37. The monoisotopic (exact) mass is 338 g/mol. The summed E-state index contributed by atoms with van der Waals surface area (Å²) < 4.78 is 6.27. The molecule has 0 spiro atoms. The van der Waals surface area contributed by atoms with Gasteiger partial charge in [0.1, 0.15) is 11.3 Å². The van der Waals surface area contributed by atoms with Crippen LogP contribution in [0.15, 0.2) is 27.4 Å². The highest BCUT2D eigenvalue weighted by Crippen LogP contribution is 2.61. The van der Waals surface area contributed by atoms with Gasteiger partial charge in [-0.25, -0.2) is 4.79 Å². The third-order valence-corrected chi connectivity index (χ3v) is 6.90. The highest BCUT2D eigenvalue weighted by Gasteiger charge is 2.53. The van der Waals surface area contributed by atoms with E-state index in [-0.39, 0.29) is 22.0 Å². The average molecular weight is 338 g/mol. The number of benzene rings is 1. The maximum absolute atomic E-state index is 13.0. The molecule has 2 aromatic rings. The van der Waals surface area contributed by atoms with Crippen LogP contribution < -0.4 is 5.43 Å². The van der Waals surface area contributed by atoms with Crippen molar-refractivity contribution in [3.8, 4) is 0 Å². The van der Waals surface area contributed by atoms with Crippen molar-refractivity contribution in [1.82, 2.24) is 0 Å². The van der Waals surface area contributed by atoms with Crippen LogP contribution in [0.4, 0.5) is 0 Å². The lowest BCUT2D eigenvalue weighted by Gasteiger charge is -2.56. The fraction of sp³-hybridized carbons (Fsp3) is 0.524. The molecule has 1 N–H and O–H groups in total. The number of aromatic carboxylic acids is 1. The maximum atomic E-state index is 13.0. The first-order valence-corrected chi connectivity index (χ1v) is 9.27. The van der Waals surface area contributed by atoms with Gasteiger partial charge in [0.25, 0.3) is 0 Å². The number of hydrogen-bond donors (Lipinski definition) is 1. The van der Waals surface area contributed by atoms with Crippen molar-refractivity contribution in [3.05, 3.63) is 45.3 Å². The zero-order valence-electron chi connectivity index (χ0n) is 14.4. The summed E-state index contributed by atoms with van der Waals surface area (Å²) in [7, 11) is 0. The predicted molar refractivity (Wildman–Crippen MR) is 94.0 cm³/mol. The predicted octanol–water partition coefficient (Wildman–Crippen LogP) is 4.27. The minimum Gasteiger partial charge on any atom is -0.478 e. The number of carbonyl (C=O) groups is 1. The minimum absolute atomic E-state index is 0.0577. The molecule has 6 rings (SSSR count). The molecule has 4 aliphatic rings. The van der Waals surface area contributed by atoms with E-state index in [0.29, 0.717) is 10.9 Å². The summed E-state index contributed by atoms with van der Waals surface area (Å²) in [5.41, 5.74) is 0.877. The van der Waals surface area contributed by atoms with Crippen molar-refractivity contribution >= 4 is 16.9 Å². The molecule has 130 valence electrons. The van der Waals surface area contributed by atoms with Gasteiger partial charge in [-0.1, -0.05) is 6.07 Å². The third kappa shape index (κ3) is 2.06. The van der Waals surface area contributed by atoms with E-state index >= 15 is 0 Å². The fourth-order valence-electron chi connectivity index (χ4n) is 6.37. The quantitative estimate of drug-likeness (QED) is 0.888. The molecule has 4 aliphatic carbocycles. The Bertz CT molecular complexity index is 917. The standard InChI is InChI=1S/C21H22O4/c1-11-17(22)15-3-2-4-16(20(23)24)18(15)25-19(11)21-8-12-5-13(9-21)7-14(6-12)10-21/h2-4,12-14H,5-10H2,1H3,(H,23,24). The van der Waals surface area contributed by atoms with Crippen LogP contribution in [0, 0.1) is 24.7 Å². The van der Waals surface area contributed by atoms with Gasteiger partial charge in [-0.2, -0.15) is 0 Å². The summed E-state index contributed by atoms with van der Waals surface area (Å²) >= 11 is 0. The molecule has 0 radical (unpaired) electrons. The SMILES string of the molecule is Cc1c(C23CC4CC(CC(C4)C2)C3)oc2c(C(=O)O)cccc2c1=O. The van der Waals surface area contributed by atoms with E-state index in [4.69, 9.17) is 4.42 Å². The van der Waals surface area contributed by atoms with E-state index in [9.17, 15) is 14.7 Å². The van der Waals surface area contributed by atoms with E-state index in [2.05, 4.69) is 0 Å². The van der Waals surface area contributed by atoms with Crippen molar-refractivity contribution in [2.24, 2.45) is 17.8 Å². The molecule has 1 aromatic carbocycles. The van der Waals surface area contributed by atoms with Crippen molar-refractivity contribution in [2.45, 2.75) is 50.9 Å². The summed E-state index contributed by atoms with van der Waals surface area (Å²) in [6.45, 7) is 1.85. The van der Waals surface area contributed by atoms with Gasteiger partial charge in [0.05, 0.1) is 5.39 Å². The van der Waals surface area contributed by atoms with E-state index in [1.54, 1.807) is 12.1 Å². The third-order valence-electron chi connectivity index (χ3n) is 6.90. The number of carboxylic acids is 1. The molecule has 0 atom stereocenters. The van der Waals surface area contributed by atoms with Crippen molar-refractivity contribution in [2.75, 3.05) is 0 Å². The van der Waals surface area contributed by atoms with Gasteiger partial charge in [-0.05, 0) is 75.3 Å². The molecule has 0 amide bonds. The van der Waals surface area contributed by atoms with Crippen molar-refractivity contribution < 1.29 is 14.3 Å². The van der Waals surface area contributed by atoms with Crippen LogP contribution in [-0.4, -0.2) is 11.1 Å². The van der Waals surface area contributed by atoms with Crippen molar-refractivity contribution in [3.63, 3.8) is 0 Å². The van der Waals surface area contributed by atoms with Gasteiger partial charge in [0.2, 0.25) is 0 Å². The molecule has 0 aliphatic heterocycles. The highest BCUT2D eigenvalue weighted by atomic mass is 16.4. The highest BCUT2D eigenvalue weighted by molar-refractivity contribution is 6.00. The van der Waals surface area contributed by atoms with Gasteiger partial charge >= 0.3 is 5.97 Å². The molecule has 1 heterocycles. The first-order valence-electron chi connectivity index (χ1n) is 9.27. The minimum atomic E-state index is -1.05. The van der Waals surface area contributed by atoms with Crippen LogP contribution in [0.25, 0.3) is 11.0 Å². The normalized spacial score (nSPS) is 33.1. The number of hydrogen-bond acceptors (Lipinski definition) is 3. The summed E-state index contributed by atoms with van der Waals surface area (Å²) in [4.78, 5) is 24.6. The molecule has 0 unspecified atom stereocenters. The Labute approximate surface area is 145 Å². The second-order valence-corrected chi connectivity index (χ2v) is 8.57. The molecule has 4 fully saturated rings. The Morgan fingerprint density at radius 1 is 1.12 bits per heavy atom. The number of fused-ring (bicyclic) bond motifs is 1. The lowest BCUT2D eigenvalue weighted by Crippen LogP contribution is -2.49. The van der Waals surface area contributed by atoms with Crippen molar-refractivity contribution in [1.29, 1.82) is 0 Å². The molecule has 25 heavy (non-hydrogen) atoms. The van der Waals surface area contributed by atoms with Gasteiger partial charge in [0.15, 0.2) is 11.0 Å².